The van der Waals surface area contributed by atoms with Crippen LogP contribution in [0, 0.1) is 0 Å². The van der Waals surface area contributed by atoms with Crippen molar-refractivity contribution in [2.45, 2.75) is 25.7 Å². The van der Waals surface area contributed by atoms with Gasteiger partial charge in [-0.25, -0.2) is 4.98 Å². The molecule has 0 radical (unpaired) electrons. The number of nitrogens with one attached hydrogen (secondary N) is 1. The van der Waals surface area contributed by atoms with Crippen molar-refractivity contribution >= 4 is 33.7 Å². The zero-order valence-electron chi connectivity index (χ0n) is 12.5. The third-order valence-electron chi connectivity index (χ3n) is 4.06. The van der Waals surface area contributed by atoms with Crippen LogP contribution in [0.1, 0.15) is 22.4 Å². The third-order valence-corrected chi connectivity index (χ3v) is 5.69. The fourth-order valence-corrected chi connectivity index (χ4v) is 4.37. The van der Waals surface area contributed by atoms with E-state index < -0.39 is 0 Å². The fraction of sp³-hybridized carbons (Fsp3) is 0.222. The van der Waals surface area contributed by atoms with Crippen molar-refractivity contribution in [3.8, 4) is 11.3 Å². The molecule has 0 saturated heterocycles. The topological polar surface area (TPSA) is 42.0 Å². The Hall–Kier alpha value is -1.98. The lowest BCUT2D eigenvalue weighted by atomic mass is 10.1. The molecule has 116 valence electrons. The molecule has 2 aromatic heterocycles. The van der Waals surface area contributed by atoms with Crippen molar-refractivity contribution in [1.29, 1.82) is 0 Å². The number of nitrogens with zero attached hydrogens (tertiary/aromatic N) is 1. The number of fused-ring (bicyclic) bond motifs is 1. The first-order chi connectivity index (χ1) is 11.3. The van der Waals surface area contributed by atoms with Crippen LogP contribution < -0.4 is 5.32 Å². The first-order valence-electron chi connectivity index (χ1n) is 7.68. The lowest BCUT2D eigenvalue weighted by Gasteiger charge is -2.02. The molecule has 0 spiro atoms. The van der Waals surface area contributed by atoms with Crippen LogP contribution in [0.25, 0.3) is 11.3 Å². The predicted octanol–water partition coefficient (Wildman–Crippen LogP) is 4.54. The van der Waals surface area contributed by atoms with Gasteiger partial charge in [-0.3, -0.25) is 4.79 Å². The maximum Gasteiger partial charge on any atom is 0.231 e. The van der Waals surface area contributed by atoms with Gasteiger partial charge in [0.25, 0.3) is 0 Å². The van der Waals surface area contributed by atoms with Gasteiger partial charge in [0.05, 0.1) is 12.1 Å². The lowest BCUT2D eigenvalue weighted by molar-refractivity contribution is -0.115. The molecule has 5 heteroatoms. The number of thiazole rings is 1. The van der Waals surface area contributed by atoms with Gasteiger partial charge >= 0.3 is 0 Å². The minimum absolute atomic E-state index is 0.0118. The molecule has 0 atom stereocenters. The molecule has 0 fully saturated rings. The van der Waals surface area contributed by atoms with Crippen LogP contribution in [0.15, 0.2) is 41.1 Å². The Morgan fingerprint density at radius 2 is 2.09 bits per heavy atom. The second-order valence-corrected chi connectivity index (χ2v) is 7.57. The summed E-state index contributed by atoms with van der Waals surface area (Å²) in [4.78, 5) is 17.7. The summed E-state index contributed by atoms with van der Waals surface area (Å²) in [5.41, 5.74) is 4.99. The summed E-state index contributed by atoms with van der Waals surface area (Å²) in [6, 6.07) is 10.5. The Morgan fingerprint density at radius 1 is 1.17 bits per heavy atom. The SMILES string of the molecule is O=C(Cc1cccs1)Nc1nc(-c2ccc3c(c2)CCC3)cs1. The number of carbonyl (C=O) groups is 1. The van der Waals surface area contributed by atoms with E-state index in [-0.39, 0.29) is 5.91 Å². The van der Waals surface area contributed by atoms with Crippen LogP contribution in [-0.2, 0) is 24.1 Å². The normalized spacial score (nSPS) is 13.0. The van der Waals surface area contributed by atoms with E-state index in [1.807, 2.05) is 22.9 Å². The van der Waals surface area contributed by atoms with Gasteiger partial charge in [0.1, 0.15) is 0 Å². The summed E-state index contributed by atoms with van der Waals surface area (Å²) < 4.78 is 0. The van der Waals surface area contributed by atoms with Gasteiger partial charge in [-0.1, -0.05) is 18.2 Å². The minimum atomic E-state index is -0.0118. The van der Waals surface area contributed by atoms with E-state index in [0.717, 1.165) is 22.6 Å². The van der Waals surface area contributed by atoms with Crippen LogP contribution in [0.4, 0.5) is 5.13 Å². The molecule has 0 aliphatic heterocycles. The van der Waals surface area contributed by atoms with Crippen molar-refractivity contribution < 1.29 is 4.79 Å². The Kier molecular flexibility index (Phi) is 3.97. The summed E-state index contributed by atoms with van der Waals surface area (Å²) in [7, 11) is 0. The highest BCUT2D eigenvalue weighted by atomic mass is 32.1. The first kappa shape index (κ1) is 14.6. The number of aryl methyl sites for hydroxylation is 2. The van der Waals surface area contributed by atoms with E-state index in [1.54, 1.807) is 11.3 Å². The Labute approximate surface area is 143 Å². The van der Waals surface area contributed by atoms with Gasteiger partial charge in [0.15, 0.2) is 5.13 Å². The second-order valence-electron chi connectivity index (χ2n) is 5.68. The Bertz CT molecular complexity index is 837. The van der Waals surface area contributed by atoms with E-state index >= 15 is 0 Å². The van der Waals surface area contributed by atoms with E-state index in [9.17, 15) is 4.79 Å². The molecular weight excluding hydrogens is 324 g/mol. The van der Waals surface area contributed by atoms with Gasteiger partial charge < -0.3 is 5.32 Å². The van der Waals surface area contributed by atoms with Gasteiger partial charge in [-0.05, 0) is 47.9 Å². The average Bonchev–Trinajstić information content (AvgIpc) is 3.27. The summed E-state index contributed by atoms with van der Waals surface area (Å²) in [6.45, 7) is 0. The molecule has 3 aromatic rings. The fourth-order valence-electron chi connectivity index (χ4n) is 2.93. The molecule has 1 aromatic carbocycles. The molecule has 2 heterocycles. The van der Waals surface area contributed by atoms with Crippen LogP contribution >= 0.6 is 22.7 Å². The summed E-state index contributed by atoms with van der Waals surface area (Å²) in [5.74, 6) is -0.0118. The number of anilines is 1. The predicted molar refractivity (Wildman–Crippen MR) is 96.2 cm³/mol. The van der Waals surface area contributed by atoms with E-state index in [4.69, 9.17) is 0 Å². The molecule has 1 aliphatic carbocycles. The number of hydrogen-bond acceptors (Lipinski definition) is 4. The zero-order valence-corrected chi connectivity index (χ0v) is 14.2. The maximum atomic E-state index is 12.0. The molecular formula is C18H16N2OS2. The second kappa shape index (κ2) is 6.26. The highest BCUT2D eigenvalue weighted by molar-refractivity contribution is 7.14. The molecule has 0 unspecified atom stereocenters. The molecule has 3 nitrogen and oxygen atoms in total. The third kappa shape index (κ3) is 3.21. The molecule has 0 bridgehead atoms. The first-order valence-corrected chi connectivity index (χ1v) is 9.44. The number of hydrogen-bond donors (Lipinski definition) is 1. The monoisotopic (exact) mass is 340 g/mol. The van der Waals surface area contributed by atoms with Gasteiger partial charge in [0, 0.05) is 15.8 Å². The van der Waals surface area contributed by atoms with Crippen molar-refractivity contribution in [3.63, 3.8) is 0 Å². The molecule has 1 aliphatic rings. The number of aromatic nitrogens is 1. The van der Waals surface area contributed by atoms with Crippen molar-refractivity contribution in [2.75, 3.05) is 5.32 Å². The standard InChI is InChI=1S/C18H16N2OS2/c21-17(10-15-5-2-8-22-15)20-18-19-16(11-23-18)14-7-6-12-3-1-4-13(12)9-14/h2,5-9,11H,1,3-4,10H2,(H,19,20,21). The zero-order chi connectivity index (χ0) is 15.6. The summed E-state index contributed by atoms with van der Waals surface area (Å²) >= 11 is 3.08. The van der Waals surface area contributed by atoms with Gasteiger partial charge in [-0.2, -0.15) is 0 Å². The van der Waals surface area contributed by atoms with E-state index in [2.05, 4.69) is 28.5 Å². The van der Waals surface area contributed by atoms with Crippen LogP contribution in [-0.4, -0.2) is 10.9 Å². The lowest BCUT2D eigenvalue weighted by Crippen LogP contribution is -2.13. The summed E-state index contributed by atoms with van der Waals surface area (Å²) in [5, 5.41) is 7.56. The summed E-state index contributed by atoms with van der Waals surface area (Å²) in [6.07, 6.45) is 4.01. The largest absolute Gasteiger partial charge is 0.302 e. The van der Waals surface area contributed by atoms with Crippen molar-refractivity contribution in [1.82, 2.24) is 4.98 Å². The molecule has 1 amide bonds. The van der Waals surface area contributed by atoms with Crippen LogP contribution in [0.3, 0.4) is 0 Å². The van der Waals surface area contributed by atoms with Crippen LogP contribution in [0.2, 0.25) is 0 Å². The number of rotatable bonds is 4. The Morgan fingerprint density at radius 3 is 2.96 bits per heavy atom. The number of thiophene rings is 1. The van der Waals surface area contributed by atoms with Gasteiger partial charge in [-0.15, -0.1) is 22.7 Å². The van der Waals surface area contributed by atoms with Crippen molar-refractivity contribution in [2.24, 2.45) is 0 Å². The molecule has 1 N–H and O–H groups in total. The van der Waals surface area contributed by atoms with E-state index in [0.29, 0.717) is 11.6 Å². The quantitative estimate of drug-likeness (QED) is 0.757. The maximum absolute atomic E-state index is 12.0. The van der Waals surface area contributed by atoms with Crippen LogP contribution in [0.5, 0.6) is 0 Å². The molecule has 4 rings (SSSR count). The highest BCUT2D eigenvalue weighted by Gasteiger charge is 2.13. The molecule has 0 saturated carbocycles. The minimum Gasteiger partial charge on any atom is -0.302 e. The number of amides is 1. The van der Waals surface area contributed by atoms with Gasteiger partial charge in [0.2, 0.25) is 5.91 Å². The smallest absolute Gasteiger partial charge is 0.231 e. The van der Waals surface area contributed by atoms with Crippen molar-refractivity contribution in [3.05, 3.63) is 57.1 Å². The molecule has 23 heavy (non-hydrogen) atoms. The Balaban J connectivity index is 1.47. The van der Waals surface area contributed by atoms with E-state index in [1.165, 1.54) is 35.3 Å². The number of carbonyl (C=O) groups excluding carboxylic acids is 1. The average molecular weight is 340 g/mol. The highest BCUT2D eigenvalue weighted by Crippen LogP contribution is 2.30. The number of benzene rings is 1.